The number of fused-ring (bicyclic) bond motifs is 7. The van der Waals surface area contributed by atoms with Crippen molar-refractivity contribution in [1.29, 1.82) is 0 Å². The highest BCUT2D eigenvalue weighted by Crippen LogP contribution is 2.49. The molecule has 0 saturated carbocycles. The Kier molecular flexibility index (Phi) is 6.61. The summed E-state index contributed by atoms with van der Waals surface area (Å²) >= 11 is 3.75. The summed E-state index contributed by atoms with van der Waals surface area (Å²) in [6.45, 7) is 0. The van der Waals surface area contributed by atoms with Crippen LogP contribution in [-0.4, -0.2) is 0 Å². The Hall–Kier alpha value is -5.74. The van der Waals surface area contributed by atoms with Crippen molar-refractivity contribution in [1.82, 2.24) is 0 Å². The van der Waals surface area contributed by atoms with E-state index in [2.05, 4.69) is 181 Å². The molecule has 0 unspecified atom stereocenters. The van der Waals surface area contributed by atoms with Gasteiger partial charge in [0.1, 0.15) is 0 Å². The second kappa shape index (κ2) is 11.5. The molecule has 0 spiro atoms. The van der Waals surface area contributed by atoms with Gasteiger partial charge in [0.2, 0.25) is 0 Å². The molecule has 0 fully saturated rings. The van der Waals surface area contributed by atoms with E-state index in [0.29, 0.717) is 0 Å². The second-order valence-corrected chi connectivity index (χ2v) is 14.7. The first kappa shape index (κ1) is 28.3. The van der Waals surface area contributed by atoms with Crippen LogP contribution in [0, 0.1) is 0 Å². The van der Waals surface area contributed by atoms with Crippen LogP contribution in [0.25, 0.3) is 73.4 Å². The summed E-state index contributed by atoms with van der Waals surface area (Å²) in [5, 5.41) is 7.72. The van der Waals surface area contributed by atoms with E-state index in [9.17, 15) is 0 Å². The van der Waals surface area contributed by atoms with Crippen molar-refractivity contribution in [2.75, 3.05) is 4.90 Å². The zero-order valence-corrected chi connectivity index (χ0v) is 28.1. The summed E-state index contributed by atoms with van der Waals surface area (Å²) < 4.78 is 5.22. The van der Waals surface area contributed by atoms with Crippen molar-refractivity contribution >= 4 is 90.9 Å². The van der Waals surface area contributed by atoms with Gasteiger partial charge in [-0.05, 0) is 81.6 Å². The van der Waals surface area contributed by atoms with Crippen molar-refractivity contribution in [3.63, 3.8) is 0 Å². The molecule has 0 aliphatic heterocycles. The maximum absolute atomic E-state index is 2.46. The number of thiophene rings is 2. The fraction of sp³-hybridized carbons (Fsp3) is 0. The van der Waals surface area contributed by atoms with Gasteiger partial charge in [-0.15, -0.1) is 22.7 Å². The first-order chi connectivity index (χ1) is 24.3. The van der Waals surface area contributed by atoms with Crippen LogP contribution < -0.4 is 4.90 Å². The van der Waals surface area contributed by atoms with Crippen molar-refractivity contribution in [3.05, 3.63) is 176 Å². The smallest absolute Gasteiger partial charge is 0.0555 e. The summed E-state index contributed by atoms with van der Waals surface area (Å²) in [4.78, 5) is 2.46. The molecule has 0 radical (unpaired) electrons. The first-order valence-corrected chi connectivity index (χ1v) is 18.2. The fourth-order valence-corrected chi connectivity index (χ4v) is 9.69. The van der Waals surface area contributed by atoms with E-state index >= 15 is 0 Å². The third-order valence-electron chi connectivity index (χ3n) is 9.66. The van der Waals surface area contributed by atoms with Gasteiger partial charge in [0.05, 0.1) is 5.69 Å². The van der Waals surface area contributed by atoms with E-state index in [1.165, 1.54) is 79.1 Å². The van der Waals surface area contributed by atoms with Crippen LogP contribution in [0.3, 0.4) is 0 Å². The highest BCUT2D eigenvalue weighted by Gasteiger charge is 2.22. The summed E-state index contributed by atoms with van der Waals surface area (Å²) in [6.07, 6.45) is 0. The van der Waals surface area contributed by atoms with Gasteiger partial charge in [0.25, 0.3) is 0 Å². The number of hydrogen-bond donors (Lipinski definition) is 0. The molecule has 8 aromatic carbocycles. The average Bonchev–Trinajstić information content (AvgIpc) is 3.74. The molecule has 0 N–H and O–H groups in total. The molecule has 230 valence electrons. The number of nitrogens with zero attached hydrogens (tertiary/aromatic N) is 1. The van der Waals surface area contributed by atoms with Crippen LogP contribution in [-0.2, 0) is 0 Å². The second-order valence-electron chi connectivity index (χ2n) is 12.5. The molecule has 1 nitrogen and oxygen atoms in total. The molecule has 10 aromatic rings. The monoisotopic (exact) mass is 659 g/mol. The Balaban J connectivity index is 1.20. The van der Waals surface area contributed by atoms with E-state index < -0.39 is 0 Å². The number of benzene rings is 8. The quantitative estimate of drug-likeness (QED) is 0.178. The van der Waals surface area contributed by atoms with Crippen molar-refractivity contribution in [2.45, 2.75) is 0 Å². The Morgan fingerprint density at radius 1 is 0.367 bits per heavy atom. The zero-order chi connectivity index (χ0) is 32.3. The topological polar surface area (TPSA) is 3.24 Å². The Morgan fingerprint density at radius 3 is 1.86 bits per heavy atom. The molecule has 0 amide bonds. The van der Waals surface area contributed by atoms with E-state index in [-0.39, 0.29) is 0 Å². The van der Waals surface area contributed by atoms with Crippen molar-refractivity contribution in [2.24, 2.45) is 0 Å². The lowest BCUT2D eigenvalue weighted by Crippen LogP contribution is -2.10. The SMILES string of the molecule is c1ccc(-c2ccc(N(c3ccc(-c4ccc5ccccc5c4)cc3)c3ccc4c(c3)sc3ccccc34)c3c2sc2ccccc23)cc1. The predicted octanol–water partition coefficient (Wildman–Crippen LogP) is 14.4. The Morgan fingerprint density at radius 2 is 1.02 bits per heavy atom. The maximum Gasteiger partial charge on any atom is 0.0555 e. The minimum Gasteiger partial charge on any atom is -0.310 e. The fourth-order valence-electron chi connectivity index (χ4n) is 7.29. The molecule has 0 atom stereocenters. The molecule has 0 saturated heterocycles. The van der Waals surface area contributed by atoms with Crippen LogP contribution >= 0.6 is 22.7 Å². The zero-order valence-electron chi connectivity index (χ0n) is 26.5. The van der Waals surface area contributed by atoms with Crippen LogP contribution in [0.4, 0.5) is 17.1 Å². The minimum absolute atomic E-state index is 1.13. The summed E-state index contributed by atoms with van der Waals surface area (Å²) in [7, 11) is 0. The normalized spacial score (nSPS) is 11.7. The lowest BCUT2D eigenvalue weighted by atomic mass is 9.99. The van der Waals surface area contributed by atoms with Gasteiger partial charge >= 0.3 is 0 Å². The van der Waals surface area contributed by atoms with E-state index in [0.717, 1.165) is 11.4 Å². The van der Waals surface area contributed by atoms with Crippen LogP contribution in [0.5, 0.6) is 0 Å². The van der Waals surface area contributed by atoms with Crippen LogP contribution in [0.15, 0.2) is 176 Å². The first-order valence-electron chi connectivity index (χ1n) is 16.6. The summed E-state index contributed by atoms with van der Waals surface area (Å²) in [6, 6.07) is 64.4. The van der Waals surface area contributed by atoms with Crippen LogP contribution in [0.1, 0.15) is 0 Å². The Bertz CT molecular complexity index is 2830. The standard InChI is InChI=1S/C46H29NS2/c1-2-11-32(12-3-1)37-26-27-41(45-40-15-7-9-17-43(40)49-46(37)45)47(36-24-25-39-38-14-6-8-16-42(38)48-44(39)29-36)35-22-20-31(21-23-35)34-19-18-30-10-4-5-13-33(30)28-34/h1-29H. The van der Waals surface area contributed by atoms with Gasteiger partial charge in [0.15, 0.2) is 0 Å². The van der Waals surface area contributed by atoms with Crippen molar-refractivity contribution < 1.29 is 0 Å². The number of rotatable bonds is 5. The highest BCUT2D eigenvalue weighted by atomic mass is 32.1. The molecule has 49 heavy (non-hydrogen) atoms. The molecule has 3 heteroatoms. The molecule has 0 bridgehead atoms. The van der Waals surface area contributed by atoms with Crippen molar-refractivity contribution in [3.8, 4) is 22.3 Å². The maximum atomic E-state index is 2.46. The summed E-state index contributed by atoms with van der Waals surface area (Å²) in [5.41, 5.74) is 8.42. The lowest BCUT2D eigenvalue weighted by Gasteiger charge is -2.27. The molecule has 0 aliphatic carbocycles. The number of anilines is 3. The van der Waals surface area contributed by atoms with Gasteiger partial charge in [-0.1, -0.05) is 127 Å². The lowest BCUT2D eigenvalue weighted by molar-refractivity contribution is 1.31. The van der Waals surface area contributed by atoms with Gasteiger partial charge in [0, 0.05) is 51.7 Å². The average molecular weight is 660 g/mol. The summed E-state index contributed by atoms with van der Waals surface area (Å²) in [5.74, 6) is 0. The molecule has 10 rings (SSSR count). The molecule has 2 aromatic heterocycles. The minimum atomic E-state index is 1.13. The Labute approximate surface area is 292 Å². The van der Waals surface area contributed by atoms with E-state index in [1.54, 1.807) is 0 Å². The molecular formula is C46H29NS2. The molecule has 2 heterocycles. The third kappa shape index (κ3) is 4.74. The molecular weight excluding hydrogens is 631 g/mol. The van der Waals surface area contributed by atoms with Crippen LogP contribution in [0.2, 0.25) is 0 Å². The van der Waals surface area contributed by atoms with E-state index in [4.69, 9.17) is 0 Å². The van der Waals surface area contributed by atoms with Gasteiger partial charge in [-0.2, -0.15) is 0 Å². The molecule has 0 aliphatic rings. The predicted molar refractivity (Wildman–Crippen MR) is 215 cm³/mol. The van der Waals surface area contributed by atoms with Gasteiger partial charge in [-0.3, -0.25) is 0 Å². The highest BCUT2D eigenvalue weighted by molar-refractivity contribution is 7.26. The van der Waals surface area contributed by atoms with Gasteiger partial charge in [-0.25, -0.2) is 0 Å². The number of hydrogen-bond acceptors (Lipinski definition) is 3. The van der Waals surface area contributed by atoms with E-state index in [1.807, 2.05) is 22.7 Å². The third-order valence-corrected chi connectivity index (χ3v) is 12.0. The largest absolute Gasteiger partial charge is 0.310 e. The van der Waals surface area contributed by atoms with Gasteiger partial charge < -0.3 is 4.90 Å².